The molecule has 4 rings (SSSR count). The van der Waals surface area contributed by atoms with Crippen LogP contribution in [0.25, 0.3) is 11.2 Å². The number of nitrogen functional groups attached to an aromatic ring is 1. The highest BCUT2D eigenvalue weighted by molar-refractivity contribution is 7.46. The van der Waals surface area contributed by atoms with Crippen LogP contribution in [-0.4, -0.2) is 52.5 Å². The average molecular weight is 543 g/mol. The molecule has 0 aliphatic carbocycles. The van der Waals surface area contributed by atoms with Gasteiger partial charge in [0.2, 0.25) is 21.1 Å². The Bertz CT molecular complexity index is 1380. The molecule has 38 heavy (non-hydrogen) atoms. The Kier molecular flexibility index (Phi) is 9.59. The van der Waals surface area contributed by atoms with Gasteiger partial charge in [-0.2, -0.15) is 4.98 Å². The molecule has 0 fully saturated rings. The number of fused-ring (bicyclic) bond motifs is 1. The maximum absolute atomic E-state index is 12.0. The van der Waals surface area contributed by atoms with E-state index < -0.39 is 26.9 Å². The summed E-state index contributed by atoms with van der Waals surface area (Å²) in [5.41, 5.74) is 6.71. The molecule has 0 saturated heterocycles. The molecular weight excluding hydrogens is 517 g/mol. The Balaban J connectivity index is 1.26. The summed E-state index contributed by atoms with van der Waals surface area (Å²) >= 11 is 0. The predicted molar refractivity (Wildman–Crippen MR) is 138 cm³/mol. The lowest BCUT2D eigenvalue weighted by atomic mass is 10.2. The van der Waals surface area contributed by atoms with Crippen LogP contribution in [0.3, 0.4) is 0 Å². The molecule has 4 aromatic rings. The number of methoxy groups -OCH3 is 1. The van der Waals surface area contributed by atoms with E-state index in [9.17, 15) is 9.59 Å². The number of carbonyl (C=O) groups excluding carboxylic acids is 1. The number of anilines is 1. The van der Waals surface area contributed by atoms with Crippen LogP contribution >= 0.6 is 8.38 Å². The molecule has 13 nitrogen and oxygen atoms in total. The van der Waals surface area contributed by atoms with E-state index in [2.05, 4.69) is 15.0 Å². The lowest BCUT2D eigenvalue weighted by Gasteiger charge is -2.17. The van der Waals surface area contributed by atoms with Gasteiger partial charge in [-0.1, -0.05) is 30.3 Å². The molecular formula is C24H26N5O8P. The van der Waals surface area contributed by atoms with Gasteiger partial charge in [-0.3, -0.25) is 14.3 Å². The molecule has 1 unspecified atom stereocenters. The number of nitrogens with one attached hydrogen (secondary N) is 1. The number of carbonyl (C=O) groups is 1. The zero-order valence-electron chi connectivity index (χ0n) is 20.4. The first-order chi connectivity index (χ1) is 18.5. The van der Waals surface area contributed by atoms with E-state index in [0.717, 1.165) is 5.56 Å². The molecule has 0 amide bonds. The van der Waals surface area contributed by atoms with Gasteiger partial charge in [0.15, 0.2) is 11.2 Å². The normalized spacial score (nSPS) is 11.8. The Morgan fingerprint density at radius 1 is 1.08 bits per heavy atom. The summed E-state index contributed by atoms with van der Waals surface area (Å²) in [5, 5.41) is 0. The topological polar surface area (TPSA) is 162 Å². The largest absolute Gasteiger partial charge is 0.515 e. The van der Waals surface area contributed by atoms with Crippen LogP contribution < -0.4 is 20.8 Å². The minimum absolute atomic E-state index is 0.00178. The second-order valence-corrected chi connectivity index (χ2v) is 9.05. The summed E-state index contributed by atoms with van der Waals surface area (Å²) in [6.45, 7) is 0.497. The molecule has 0 saturated carbocycles. The zero-order valence-corrected chi connectivity index (χ0v) is 21.3. The van der Waals surface area contributed by atoms with Crippen molar-refractivity contribution in [2.45, 2.75) is 13.2 Å². The standard InChI is InChI=1S/C24H26N5O8P/c1-32-18-7-9-19(10-8-18)37-24(31)34-15-36-38(35-13-17-5-3-2-4-6-17)16-33-12-11-29-14-26-20-21(29)27-23(25)28-22(20)30/h2-10,14H,11-13,15-16H2,1H3,(H3,25,27,28,30). The van der Waals surface area contributed by atoms with Crippen molar-refractivity contribution in [2.75, 3.05) is 32.6 Å². The Morgan fingerprint density at radius 2 is 1.84 bits per heavy atom. The quantitative estimate of drug-likeness (QED) is 0.0835. The predicted octanol–water partition coefficient (Wildman–Crippen LogP) is 3.40. The maximum Gasteiger partial charge on any atom is 0.515 e. The van der Waals surface area contributed by atoms with Crippen molar-refractivity contribution in [1.82, 2.24) is 19.5 Å². The van der Waals surface area contributed by atoms with Crippen molar-refractivity contribution in [3.8, 4) is 11.5 Å². The Morgan fingerprint density at radius 3 is 2.61 bits per heavy atom. The number of aromatic nitrogens is 4. The summed E-state index contributed by atoms with van der Waals surface area (Å²) in [7, 11) is -0.0415. The van der Waals surface area contributed by atoms with Crippen LogP contribution in [-0.2, 0) is 31.7 Å². The lowest BCUT2D eigenvalue weighted by molar-refractivity contribution is 0.0244. The summed E-state index contributed by atoms with van der Waals surface area (Å²) in [6, 6.07) is 16.0. The number of nitrogens with two attached hydrogens (primary N) is 1. The van der Waals surface area contributed by atoms with Gasteiger partial charge in [0, 0.05) is 6.54 Å². The monoisotopic (exact) mass is 543 g/mol. The third-order valence-electron chi connectivity index (χ3n) is 5.02. The van der Waals surface area contributed by atoms with Crippen molar-refractivity contribution in [1.29, 1.82) is 0 Å². The van der Waals surface area contributed by atoms with Gasteiger partial charge in [-0.25, -0.2) is 9.78 Å². The lowest BCUT2D eigenvalue weighted by Crippen LogP contribution is -2.14. The Hall–Kier alpha value is -4.03. The van der Waals surface area contributed by atoms with Gasteiger partial charge in [0.25, 0.3) is 5.56 Å². The van der Waals surface area contributed by atoms with Gasteiger partial charge < -0.3 is 33.8 Å². The van der Waals surface area contributed by atoms with Gasteiger partial charge >= 0.3 is 6.16 Å². The van der Waals surface area contributed by atoms with E-state index in [1.165, 1.54) is 6.33 Å². The van der Waals surface area contributed by atoms with E-state index in [1.807, 2.05) is 30.3 Å². The third-order valence-corrected chi connectivity index (χ3v) is 6.22. The number of benzene rings is 2. The van der Waals surface area contributed by atoms with Crippen LogP contribution in [0.2, 0.25) is 0 Å². The summed E-state index contributed by atoms with van der Waals surface area (Å²) in [5.74, 6) is 0.930. The summed E-state index contributed by atoms with van der Waals surface area (Å²) < 4.78 is 34.1. The number of hydrogen-bond acceptors (Lipinski definition) is 11. The van der Waals surface area contributed by atoms with Crippen molar-refractivity contribution < 1.29 is 32.8 Å². The van der Waals surface area contributed by atoms with Gasteiger partial charge in [0.05, 0.1) is 26.7 Å². The molecule has 0 spiro atoms. The fraction of sp³-hybridized carbons (Fsp3) is 0.250. The minimum Gasteiger partial charge on any atom is -0.497 e. The van der Waals surface area contributed by atoms with E-state index in [-0.39, 0.29) is 31.0 Å². The first-order valence-electron chi connectivity index (χ1n) is 11.4. The molecule has 200 valence electrons. The van der Waals surface area contributed by atoms with Crippen molar-refractivity contribution >= 4 is 31.6 Å². The van der Waals surface area contributed by atoms with Gasteiger partial charge in [-0.15, -0.1) is 0 Å². The van der Waals surface area contributed by atoms with Crippen LogP contribution in [0.1, 0.15) is 5.56 Å². The SMILES string of the molecule is COc1ccc(OC(=O)OCOP(COCCn2cnc3c(=O)[nH]c(N)nc32)OCc2ccccc2)cc1. The van der Waals surface area contributed by atoms with Crippen LogP contribution in [0, 0.1) is 0 Å². The van der Waals surface area contributed by atoms with Gasteiger partial charge in [0.1, 0.15) is 17.8 Å². The first-order valence-corrected chi connectivity index (χ1v) is 12.7. The number of rotatable bonds is 13. The van der Waals surface area contributed by atoms with E-state index in [1.54, 1.807) is 35.9 Å². The first kappa shape index (κ1) is 27.0. The van der Waals surface area contributed by atoms with Crippen molar-refractivity contribution in [2.24, 2.45) is 0 Å². The van der Waals surface area contributed by atoms with Gasteiger partial charge in [-0.05, 0) is 29.8 Å². The summed E-state index contributed by atoms with van der Waals surface area (Å²) in [4.78, 5) is 34.5. The minimum atomic E-state index is -1.58. The second kappa shape index (κ2) is 13.5. The number of H-pyrrole nitrogens is 1. The molecule has 2 heterocycles. The molecule has 0 aliphatic heterocycles. The van der Waals surface area contributed by atoms with Crippen LogP contribution in [0.4, 0.5) is 10.7 Å². The van der Waals surface area contributed by atoms with Crippen LogP contribution in [0.15, 0.2) is 65.7 Å². The van der Waals surface area contributed by atoms with E-state index in [0.29, 0.717) is 23.7 Å². The van der Waals surface area contributed by atoms with Crippen molar-refractivity contribution in [3.63, 3.8) is 0 Å². The number of imidazole rings is 1. The van der Waals surface area contributed by atoms with E-state index >= 15 is 0 Å². The fourth-order valence-electron chi connectivity index (χ4n) is 3.17. The van der Waals surface area contributed by atoms with E-state index in [4.69, 9.17) is 33.7 Å². The molecule has 0 aliphatic rings. The molecule has 2 aromatic heterocycles. The molecule has 3 N–H and O–H groups in total. The number of hydrogen-bond donors (Lipinski definition) is 2. The highest BCUT2D eigenvalue weighted by Gasteiger charge is 2.15. The number of aromatic amines is 1. The highest BCUT2D eigenvalue weighted by atomic mass is 31.2. The molecule has 1 atom stereocenters. The summed E-state index contributed by atoms with van der Waals surface area (Å²) in [6.07, 6.45) is 0.660. The molecule has 0 radical (unpaired) electrons. The van der Waals surface area contributed by atoms with Crippen molar-refractivity contribution in [3.05, 3.63) is 76.8 Å². The molecule has 0 bridgehead atoms. The average Bonchev–Trinajstić information content (AvgIpc) is 3.33. The number of ether oxygens (including phenoxy) is 4. The highest BCUT2D eigenvalue weighted by Crippen LogP contribution is 2.39. The second-order valence-electron chi connectivity index (χ2n) is 7.61. The maximum atomic E-state index is 12.0. The zero-order chi connectivity index (χ0) is 26.7. The smallest absolute Gasteiger partial charge is 0.497 e. The van der Waals surface area contributed by atoms with Crippen LogP contribution in [0.5, 0.6) is 11.5 Å². The fourth-order valence-corrected chi connectivity index (χ4v) is 4.14. The molecule has 2 aromatic carbocycles. The number of nitrogens with zero attached hydrogens (tertiary/aromatic N) is 3. The molecule has 14 heteroatoms. The third kappa shape index (κ3) is 7.73. The Labute approximate surface area is 218 Å².